The fraction of sp³-hybridized carbons (Fsp3) is 0.462. The van der Waals surface area contributed by atoms with Gasteiger partial charge >= 0.3 is 0 Å². The van der Waals surface area contributed by atoms with Crippen molar-refractivity contribution in [3.63, 3.8) is 0 Å². The Labute approximate surface area is 112 Å². The number of nitrogens with zero attached hydrogens (tertiary/aromatic N) is 2. The standard InChI is InChI=1S/C13H14N2S.ClH/c1-2-4-10-9(3-1)5-6-11-12(10)14-13-15(11)7-8-16-13;/h1-4,11-12H,5-8H2;1H/t11-,12+;/m0./s1. The van der Waals surface area contributed by atoms with Crippen molar-refractivity contribution in [3.05, 3.63) is 35.4 Å². The molecule has 4 rings (SSSR count). The predicted molar refractivity (Wildman–Crippen MR) is 75.1 cm³/mol. The van der Waals surface area contributed by atoms with Crippen LogP contribution in [0.15, 0.2) is 29.3 Å². The van der Waals surface area contributed by atoms with Crippen molar-refractivity contribution in [2.75, 3.05) is 12.3 Å². The number of aliphatic imine (C=N–C) groups is 1. The molecule has 4 heteroatoms. The molecular formula is C13H15ClN2S. The lowest BCUT2D eigenvalue weighted by Gasteiger charge is -2.31. The number of benzene rings is 1. The Morgan fingerprint density at radius 1 is 1.29 bits per heavy atom. The number of fused-ring (bicyclic) bond motifs is 5. The minimum absolute atomic E-state index is 0. The van der Waals surface area contributed by atoms with Crippen LogP contribution in [0.4, 0.5) is 0 Å². The van der Waals surface area contributed by atoms with E-state index >= 15 is 0 Å². The van der Waals surface area contributed by atoms with E-state index in [4.69, 9.17) is 4.99 Å². The molecule has 1 aliphatic carbocycles. The lowest BCUT2D eigenvalue weighted by Crippen LogP contribution is -2.36. The molecule has 0 aromatic heterocycles. The number of thioether (sulfide) groups is 1. The van der Waals surface area contributed by atoms with Gasteiger partial charge in [0, 0.05) is 12.3 Å². The Bertz CT molecular complexity index is 474. The van der Waals surface area contributed by atoms with Crippen molar-refractivity contribution in [1.29, 1.82) is 0 Å². The van der Waals surface area contributed by atoms with Crippen LogP contribution in [-0.2, 0) is 6.42 Å². The monoisotopic (exact) mass is 266 g/mol. The Morgan fingerprint density at radius 2 is 2.18 bits per heavy atom. The molecule has 1 fully saturated rings. The van der Waals surface area contributed by atoms with Gasteiger partial charge in [-0.05, 0) is 24.0 Å². The number of rotatable bonds is 0. The first-order valence-corrected chi connectivity index (χ1v) is 6.97. The zero-order valence-corrected chi connectivity index (χ0v) is 11.1. The Morgan fingerprint density at radius 3 is 3.12 bits per heavy atom. The van der Waals surface area contributed by atoms with E-state index in [1.54, 1.807) is 0 Å². The lowest BCUT2D eigenvalue weighted by atomic mass is 9.84. The molecule has 1 aromatic carbocycles. The largest absolute Gasteiger partial charge is 0.345 e. The van der Waals surface area contributed by atoms with Gasteiger partial charge in [-0.2, -0.15) is 0 Å². The molecule has 0 amide bonds. The second kappa shape index (κ2) is 4.21. The van der Waals surface area contributed by atoms with Gasteiger partial charge < -0.3 is 4.90 Å². The third kappa shape index (κ3) is 1.59. The number of amidine groups is 1. The third-order valence-corrected chi connectivity index (χ3v) is 4.89. The Kier molecular flexibility index (Phi) is 2.83. The fourth-order valence-corrected chi connectivity index (χ4v) is 4.20. The van der Waals surface area contributed by atoms with E-state index in [1.807, 2.05) is 11.8 Å². The van der Waals surface area contributed by atoms with Crippen LogP contribution in [0.3, 0.4) is 0 Å². The minimum Gasteiger partial charge on any atom is -0.345 e. The van der Waals surface area contributed by atoms with E-state index < -0.39 is 0 Å². The second-order valence-electron chi connectivity index (χ2n) is 4.70. The Hall–Kier alpha value is -0.670. The summed E-state index contributed by atoms with van der Waals surface area (Å²) >= 11 is 1.93. The molecule has 2 heterocycles. The summed E-state index contributed by atoms with van der Waals surface area (Å²) in [6.07, 6.45) is 2.50. The van der Waals surface area contributed by atoms with Gasteiger partial charge in [-0.3, -0.25) is 4.99 Å². The van der Waals surface area contributed by atoms with Crippen LogP contribution >= 0.6 is 24.2 Å². The van der Waals surface area contributed by atoms with Crippen LogP contribution in [0, 0.1) is 0 Å². The number of hydrogen-bond donors (Lipinski definition) is 0. The van der Waals surface area contributed by atoms with E-state index in [1.165, 1.54) is 41.4 Å². The summed E-state index contributed by atoms with van der Waals surface area (Å²) in [6.45, 7) is 1.20. The van der Waals surface area contributed by atoms with Gasteiger partial charge in [0.15, 0.2) is 5.17 Å². The van der Waals surface area contributed by atoms with E-state index in [0.717, 1.165) is 0 Å². The molecule has 0 unspecified atom stereocenters. The van der Waals surface area contributed by atoms with Crippen molar-refractivity contribution >= 4 is 29.3 Å². The normalized spacial score (nSPS) is 28.9. The molecule has 0 N–H and O–H groups in total. The van der Waals surface area contributed by atoms with Crippen molar-refractivity contribution in [2.45, 2.75) is 24.9 Å². The van der Waals surface area contributed by atoms with Gasteiger partial charge in [-0.15, -0.1) is 12.4 Å². The maximum absolute atomic E-state index is 4.92. The fourth-order valence-electron chi connectivity index (χ4n) is 3.15. The molecule has 3 aliphatic rings. The summed E-state index contributed by atoms with van der Waals surface area (Å²) in [5.41, 5.74) is 2.99. The van der Waals surface area contributed by atoms with Crippen molar-refractivity contribution < 1.29 is 0 Å². The molecule has 2 aliphatic heterocycles. The molecule has 2 atom stereocenters. The molecule has 0 bridgehead atoms. The average molecular weight is 267 g/mol. The molecule has 90 valence electrons. The zero-order valence-electron chi connectivity index (χ0n) is 9.50. The minimum atomic E-state index is 0. The van der Waals surface area contributed by atoms with Gasteiger partial charge in [-0.25, -0.2) is 0 Å². The smallest absolute Gasteiger partial charge is 0.160 e. The molecule has 2 nitrogen and oxygen atoms in total. The highest BCUT2D eigenvalue weighted by Gasteiger charge is 2.42. The van der Waals surface area contributed by atoms with E-state index in [9.17, 15) is 0 Å². The van der Waals surface area contributed by atoms with Gasteiger partial charge in [-0.1, -0.05) is 36.0 Å². The first-order chi connectivity index (χ1) is 7.93. The summed E-state index contributed by atoms with van der Waals surface area (Å²) < 4.78 is 0. The number of hydrogen-bond acceptors (Lipinski definition) is 3. The van der Waals surface area contributed by atoms with Gasteiger partial charge in [0.05, 0.1) is 12.1 Å². The molecule has 0 saturated carbocycles. The third-order valence-electron chi connectivity index (χ3n) is 3.91. The topological polar surface area (TPSA) is 15.6 Å². The van der Waals surface area contributed by atoms with E-state index in [0.29, 0.717) is 12.1 Å². The zero-order chi connectivity index (χ0) is 10.5. The van der Waals surface area contributed by atoms with Crippen LogP contribution in [0.25, 0.3) is 0 Å². The number of halogens is 1. The first-order valence-electron chi connectivity index (χ1n) is 5.98. The summed E-state index contributed by atoms with van der Waals surface area (Å²) in [7, 11) is 0. The van der Waals surface area contributed by atoms with Crippen molar-refractivity contribution in [2.24, 2.45) is 4.99 Å². The van der Waals surface area contributed by atoms with Crippen LogP contribution in [0.5, 0.6) is 0 Å². The maximum Gasteiger partial charge on any atom is 0.160 e. The SMILES string of the molecule is Cl.c1ccc2c(c1)CC[C@H]1[C@@H]2N=C2SCCN21. The van der Waals surface area contributed by atoms with Crippen LogP contribution in [-0.4, -0.2) is 28.4 Å². The van der Waals surface area contributed by atoms with Crippen LogP contribution < -0.4 is 0 Å². The summed E-state index contributed by atoms with van der Waals surface area (Å²) in [4.78, 5) is 7.45. The highest BCUT2D eigenvalue weighted by molar-refractivity contribution is 8.14. The molecule has 1 saturated heterocycles. The second-order valence-corrected chi connectivity index (χ2v) is 5.77. The molecular weight excluding hydrogens is 252 g/mol. The molecule has 0 spiro atoms. The van der Waals surface area contributed by atoms with Crippen molar-refractivity contribution in [3.8, 4) is 0 Å². The summed E-state index contributed by atoms with van der Waals surface area (Å²) in [5.74, 6) is 1.23. The molecule has 17 heavy (non-hydrogen) atoms. The Balaban J connectivity index is 0.000000902. The van der Waals surface area contributed by atoms with Crippen LogP contribution in [0.1, 0.15) is 23.6 Å². The van der Waals surface area contributed by atoms with Gasteiger partial charge in [0.2, 0.25) is 0 Å². The van der Waals surface area contributed by atoms with E-state index in [-0.39, 0.29) is 12.4 Å². The van der Waals surface area contributed by atoms with E-state index in [2.05, 4.69) is 29.2 Å². The van der Waals surface area contributed by atoms with Gasteiger partial charge in [0.25, 0.3) is 0 Å². The summed E-state index contributed by atoms with van der Waals surface area (Å²) in [6, 6.07) is 9.91. The van der Waals surface area contributed by atoms with Crippen LogP contribution in [0.2, 0.25) is 0 Å². The lowest BCUT2D eigenvalue weighted by molar-refractivity contribution is 0.297. The first kappa shape index (κ1) is 11.4. The maximum atomic E-state index is 4.92. The number of aryl methyl sites for hydroxylation is 1. The van der Waals surface area contributed by atoms with Gasteiger partial charge in [0.1, 0.15) is 0 Å². The highest BCUT2D eigenvalue weighted by atomic mass is 35.5. The quantitative estimate of drug-likeness (QED) is 0.718. The average Bonchev–Trinajstić information content (AvgIpc) is 2.88. The molecule has 1 aromatic rings. The highest BCUT2D eigenvalue weighted by Crippen LogP contribution is 2.43. The summed E-state index contributed by atoms with van der Waals surface area (Å²) in [5, 5.41) is 1.30. The predicted octanol–water partition coefficient (Wildman–Crippen LogP) is 2.88. The van der Waals surface area contributed by atoms with Crippen molar-refractivity contribution in [1.82, 2.24) is 4.90 Å². The molecule has 0 radical (unpaired) electrons.